The van der Waals surface area contributed by atoms with Gasteiger partial charge in [-0.05, 0) is 50.6 Å². The van der Waals surface area contributed by atoms with Gasteiger partial charge in [0.1, 0.15) is 17.6 Å². The molecule has 0 bridgehead atoms. The fourth-order valence-corrected chi connectivity index (χ4v) is 4.10. The summed E-state index contributed by atoms with van der Waals surface area (Å²) in [5.74, 6) is 0.613. The maximum atomic E-state index is 13.7. The van der Waals surface area contributed by atoms with Crippen molar-refractivity contribution in [2.24, 2.45) is 0 Å². The van der Waals surface area contributed by atoms with Gasteiger partial charge in [0.25, 0.3) is 0 Å². The molecule has 1 aliphatic rings. The second kappa shape index (κ2) is 9.33. The number of fused-ring (bicyclic) bond motifs is 2. The molecule has 3 aromatic carbocycles. The predicted molar refractivity (Wildman–Crippen MR) is 135 cm³/mol. The number of rotatable bonds is 7. The molecule has 0 fully saturated rings. The fraction of sp³-hybridized carbons (Fsp3) is 0.259. The molecule has 0 unspecified atom stereocenters. The van der Waals surface area contributed by atoms with E-state index in [0.717, 1.165) is 16.6 Å². The number of benzene rings is 3. The third-order valence-electron chi connectivity index (χ3n) is 6.33. The molecule has 0 spiro atoms. The van der Waals surface area contributed by atoms with Crippen molar-refractivity contribution in [1.82, 2.24) is 19.9 Å². The van der Waals surface area contributed by atoms with Crippen molar-refractivity contribution in [2.45, 2.75) is 39.4 Å². The third kappa shape index (κ3) is 4.59. The topological polar surface area (TPSA) is 98.6 Å². The third-order valence-corrected chi connectivity index (χ3v) is 6.33. The minimum absolute atomic E-state index is 0.0485. The van der Waals surface area contributed by atoms with Gasteiger partial charge in [-0.1, -0.05) is 47.2 Å². The molecule has 9 heteroatoms. The van der Waals surface area contributed by atoms with Crippen molar-refractivity contribution in [1.29, 1.82) is 0 Å². The molecule has 0 saturated carbocycles. The number of anilines is 1. The molecule has 1 aromatic heterocycles. The number of ether oxygens (including phenoxy) is 2. The Bertz CT molecular complexity index is 1430. The van der Waals surface area contributed by atoms with Gasteiger partial charge in [0, 0.05) is 18.3 Å². The van der Waals surface area contributed by atoms with Crippen molar-refractivity contribution in [3.05, 3.63) is 77.9 Å². The Balaban J connectivity index is 1.42. The maximum Gasteiger partial charge on any atom is 0.249 e. The Morgan fingerprint density at radius 3 is 2.58 bits per heavy atom. The molecular weight excluding hydrogens is 458 g/mol. The van der Waals surface area contributed by atoms with Crippen LogP contribution in [0.1, 0.15) is 25.0 Å². The van der Waals surface area contributed by atoms with E-state index in [0.29, 0.717) is 22.7 Å². The Morgan fingerprint density at radius 1 is 1.03 bits per heavy atom. The van der Waals surface area contributed by atoms with E-state index in [1.807, 2.05) is 55.5 Å². The quantitative estimate of drug-likeness (QED) is 0.426. The number of amides is 2. The first-order valence-electron chi connectivity index (χ1n) is 11.7. The van der Waals surface area contributed by atoms with Crippen LogP contribution in [0.25, 0.3) is 11.0 Å². The van der Waals surface area contributed by atoms with Gasteiger partial charge in [0.2, 0.25) is 18.6 Å². The van der Waals surface area contributed by atoms with Gasteiger partial charge in [0.15, 0.2) is 11.5 Å². The van der Waals surface area contributed by atoms with Crippen LogP contribution in [-0.2, 0) is 22.7 Å². The van der Waals surface area contributed by atoms with Crippen LogP contribution < -0.4 is 14.8 Å². The largest absolute Gasteiger partial charge is 0.454 e. The number of carbonyl (C=O) groups is 2. The number of hydrogen-bond donors (Lipinski definition) is 1. The fourth-order valence-electron chi connectivity index (χ4n) is 4.10. The highest BCUT2D eigenvalue weighted by Gasteiger charge is 2.38. The predicted octanol–water partition coefficient (Wildman–Crippen LogP) is 3.91. The average molecular weight is 486 g/mol. The molecule has 36 heavy (non-hydrogen) atoms. The van der Waals surface area contributed by atoms with Crippen LogP contribution in [0.15, 0.2) is 66.7 Å². The number of aromatic nitrogens is 3. The van der Waals surface area contributed by atoms with Crippen LogP contribution in [0.3, 0.4) is 0 Å². The number of nitrogens with zero attached hydrogens (tertiary/aromatic N) is 4. The number of carbonyl (C=O) groups excluding carboxylic acids is 2. The van der Waals surface area contributed by atoms with Crippen LogP contribution in [0.4, 0.5) is 5.69 Å². The molecule has 9 nitrogen and oxygen atoms in total. The number of hydrogen-bond acceptors (Lipinski definition) is 6. The highest BCUT2D eigenvalue weighted by atomic mass is 16.7. The van der Waals surface area contributed by atoms with E-state index in [2.05, 4.69) is 15.6 Å². The zero-order chi connectivity index (χ0) is 25.3. The highest BCUT2D eigenvalue weighted by molar-refractivity contribution is 6.00. The van der Waals surface area contributed by atoms with Crippen LogP contribution in [0, 0.1) is 6.92 Å². The van der Waals surface area contributed by atoms with Crippen LogP contribution in [-0.4, -0.2) is 44.0 Å². The summed E-state index contributed by atoms with van der Waals surface area (Å²) in [6.45, 7) is 5.83. The molecule has 4 aromatic rings. The molecule has 184 valence electrons. The van der Waals surface area contributed by atoms with Crippen molar-refractivity contribution < 1.29 is 19.1 Å². The standard InChI is InChI=1S/C27H27N5O4/c1-18-8-10-19(11-9-18)15-31(25(33)16-32-22-7-5-4-6-21(22)29-30-32)27(2,3)26(34)28-20-12-13-23-24(14-20)36-17-35-23/h4-14H,15-17H2,1-3H3,(H,28,34). The summed E-state index contributed by atoms with van der Waals surface area (Å²) in [6, 6.07) is 20.6. The maximum absolute atomic E-state index is 13.7. The highest BCUT2D eigenvalue weighted by Crippen LogP contribution is 2.34. The minimum Gasteiger partial charge on any atom is -0.454 e. The first-order valence-corrected chi connectivity index (χ1v) is 11.7. The van der Waals surface area contributed by atoms with Crippen molar-refractivity contribution in [2.75, 3.05) is 12.1 Å². The second-order valence-electron chi connectivity index (χ2n) is 9.28. The van der Waals surface area contributed by atoms with Gasteiger partial charge in [-0.15, -0.1) is 5.10 Å². The van der Waals surface area contributed by atoms with Gasteiger partial charge in [-0.2, -0.15) is 0 Å². The zero-order valence-electron chi connectivity index (χ0n) is 20.4. The Labute approximate surface area is 208 Å². The van der Waals surface area contributed by atoms with Gasteiger partial charge in [0.05, 0.1) is 5.52 Å². The molecule has 0 aliphatic carbocycles. The summed E-state index contributed by atoms with van der Waals surface area (Å²) in [4.78, 5) is 28.8. The Hall–Kier alpha value is -4.40. The molecule has 1 N–H and O–H groups in total. The van der Waals surface area contributed by atoms with Crippen molar-refractivity contribution in [3.63, 3.8) is 0 Å². The van der Waals surface area contributed by atoms with E-state index in [9.17, 15) is 9.59 Å². The summed E-state index contributed by atoms with van der Waals surface area (Å²) in [6.07, 6.45) is 0. The van der Waals surface area contributed by atoms with Crippen LogP contribution in [0.2, 0.25) is 0 Å². The SMILES string of the molecule is Cc1ccc(CN(C(=O)Cn2nnc3ccccc32)C(C)(C)C(=O)Nc2ccc3c(c2)OCO3)cc1. The van der Waals surface area contributed by atoms with E-state index >= 15 is 0 Å². The van der Waals surface area contributed by atoms with Crippen molar-refractivity contribution >= 4 is 28.5 Å². The summed E-state index contributed by atoms with van der Waals surface area (Å²) >= 11 is 0. The first kappa shape index (κ1) is 23.3. The number of para-hydroxylation sites is 1. The summed E-state index contributed by atoms with van der Waals surface area (Å²) in [5.41, 5.74) is 2.86. The summed E-state index contributed by atoms with van der Waals surface area (Å²) < 4.78 is 12.3. The number of aryl methyl sites for hydroxylation is 1. The monoisotopic (exact) mass is 485 g/mol. The van der Waals surface area contributed by atoms with E-state index in [4.69, 9.17) is 9.47 Å². The first-order chi connectivity index (χ1) is 17.3. The second-order valence-corrected chi connectivity index (χ2v) is 9.28. The Morgan fingerprint density at radius 2 is 1.78 bits per heavy atom. The van der Waals surface area contributed by atoms with Crippen molar-refractivity contribution in [3.8, 4) is 11.5 Å². The number of nitrogens with one attached hydrogen (secondary N) is 1. The molecule has 2 amide bonds. The lowest BCUT2D eigenvalue weighted by Gasteiger charge is -2.37. The lowest BCUT2D eigenvalue weighted by atomic mass is 9.99. The van der Waals surface area contributed by atoms with Gasteiger partial charge >= 0.3 is 0 Å². The molecule has 0 radical (unpaired) electrons. The van der Waals surface area contributed by atoms with Gasteiger partial charge < -0.3 is 19.7 Å². The van der Waals surface area contributed by atoms with Crippen LogP contribution >= 0.6 is 0 Å². The van der Waals surface area contributed by atoms with Gasteiger partial charge in [-0.3, -0.25) is 9.59 Å². The normalized spacial score (nSPS) is 12.5. The van der Waals surface area contributed by atoms with E-state index in [1.54, 1.807) is 41.6 Å². The van der Waals surface area contributed by atoms with E-state index < -0.39 is 5.54 Å². The minimum atomic E-state index is -1.19. The lowest BCUT2D eigenvalue weighted by molar-refractivity contribution is -0.145. The molecule has 0 saturated heterocycles. The zero-order valence-corrected chi connectivity index (χ0v) is 20.4. The molecule has 5 rings (SSSR count). The van der Waals surface area contributed by atoms with Crippen LogP contribution in [0.5, 0.6) is 11.5 Å². The summed E-state index contributed by atoms with van der Waals surface area (Å²) in [5, 5.41) is 11.2. The average Bonchev–Trinajstić information content (AvgIpc) is 3.50. The molecule has 0 atom stereocenters. The molecular formula is C27H27N5O4. The molecule has 1 aliphatic heterocycles. The van der Waals surface area contributed by atoms with E-state index in [1.165, 1.54) is 0 Å². The lowest BCUT2D eigenvalue weighted by Crippen LogP contribution is -2.55. The van der Waals surface area contributed by atoms with Gasteiger partial charge in [-0.25, -0.2) is 4.68 Å². The summed E-state index contributed by atoms with van der Waals surface area (Å²) in [7, 11) is 0. The van der Waals surface area contributed by atoms with E-state index in [-0.39, 0.29) is 31.7 Å². The Kier molecular flexibility index (Phi) is 6.05. The molecule has 2 heterocycles. The smallest absolute Gasteiger partial charge is 0.249 e.